The van der Waals surface area contributed by atoms with Crippen LogP contribution in [0, 0.1) is 0 Å². The van der Waals surface area contributed by atoms with E-state index in [9.17, 15) is 19.5 Å². The Hall–Kier alpha value is -2.19. The molecule has 2 atom stereocenters. The average Bonchev–Trinajstić information content (AvgIpc) is 3.24. The van der Waals surface area contributed by atoms with Gasteiger partial charge < -0.3 is 23.8 Å². The van der Waals surface area contributed by atoms with Gasteiger partial charge in [-0.25, -0.2) is 4.79 Å². The minimum absolute atomic E-state index is 0.0542. The van der Waals surface area contributed by atoms with Crippen LogP contribution >= 0.6 is 0 Å². The normalized spacial score (nSPS) is 13.0. The lowest BCUT2D eigenvalue weighted by Gasteiger charge is -2.31. The van der Waals surface area contributed by atoms with Crippen molar-refractivity contribution in [1.29, 1.82) is 0 Å². The number of carboxylic acid groups (broad SMARTS) is 1. The lowest BCUT2D eigenvalue weighted by Crippen LogP contribution is -2.50. The fourth-order valence-electron chi connectivity index (χ4n) is 8.20. The molecule has 0 bridgehead atoms. The highest BCUT2D eigenvalue weighted by atomic mass is 16.6. The average molecular weight is 891 g/mol. The van der Waals surface area contributed by atoms with Crippen LogP contribution in [-0.4, -0.2) is 80.6 Å². The largest absolute Gasteiger partial charge is 0.477 e. The predicted molar refractivity (Wildman–Crippen MR) is 266 cm³/mol. The number of quaternary nitrogens is 1. The first-order valence-corrected chi connectivity index (χ1v) is 26.9. The second-order valence-corrected chi connectivity index (χ2v) is 19.5. The van der Waals surface area contributed by atoms with Crippen molar-refractivity contribution < 1.29 is 38.2 Å². The number of carboxylic acids is 1. The molecule has 0 spiro atoms. The smallest absolute Gasteiger partial charge is 0.362 e. The summed E-state index contributed by atoms with van der Waals surface area (Å²) in [6.07, 6.45) is 53.7. The van der Waals surface area contributed by atoms with Crippen molar-refractivity contribution in [1.82, 2.24) is 0 Å². The monoisotopic (exact) mass is 891 g/mol. The molecular weight excluding hydrogens is 787 g/mol. The number of nitrogens with zero attached hydrogens (tertiary/aromatic N) is 1. The van der Waals surface area contributed by atoms with Gasteiger partial charge >= 0.3 is 17.9 Å². The number of carbonyl (C=O) groups excluding carboxylic acids is 2. The number of likely N-dealkylation sites (N-methyl/N-ethyl adjacent to an activating group) is 1. The van der Waals surface area contributed by atoms with Crippen LogP contribution in [0.2, 0.25) is 0 Å². The zero-order chi connectivity index (χ0) is 46.3. The number of esters is 2. The molecule has 2 unspecified atom stereocenters. The third-order valence-corrected chi connectivity index (χ3v) is 12.4. The first-order chi connectivity index (χ1) is 30.6. The quantitative estimate of drug-likeness (QED) is 0.0281. The zero-order valence-electron chi connectivity index (χ0n) is 42.3. The predicted octanol–water partition coefficient (Wildman–Crippen LogP) is 15.6. The number of carbonyl (C=O) groups is 3. The Morgan fingerprint density at radius 2 is 0.825 bits per heavy atom. The van der Waals surface area contributed by atoms with Crippen molar-refractivity contribution in [3.8, 4) is 0 Å². The van der Waals surface area contributed by atoms with Crippen molar-refractivity contribution >= 4 is 17.9 Å². The van der Waals surface area contributed by atoms with E-state index in [1.54, 1.807) is 0 Å². The molecule has 0 aromatic rings. The molecule has 0 aliphatic rings. The standard InChI is InChI=1S/C55H103NO7/c1-6-8-10-12-14-16-18-20-22-24-26-27-28-30-32-34-36-38-40-42-44-46-54(58)63-51(49-61-48-47-52(55(59)60)56(3,4)5)50-62-53(57)45-43-41-39-37-35-33-31-29-25-23-21-19-17-15-13-11-9-7-2/h23,25,29,31,51-52H,6-22,24,26-28,30,32-50H2,1-5H3/p+1/b25-23+,31-29+. The van der Waals surface area contributed by atoms with Gasteiger partial charge in [-0.3, -0.25) is 9.59 Å². The minimum atomic E-state index is -0.873. The van der Waals surface area contributed by atoms with E-state index in [1.807, 2.05) is 21.1 Å². The number of aliphatic carboxylic acids is 1. The maximum Gasteiger partial charge on any atom is 0.362 e. The molecule has 0 aromatic heterocycles. The molecule has 8 nitrogen and oxygen atoms in total. The van der Waals surface area contributed by atoms with Gasteiger partial charge in [0.15, 0.2) is 12.1 Å². The Morgan fingerprint density at radius 1 is 0.476 bits per heavy atom. The molecule has 0 radical (unpaired) electrons. The van der Waals surface area contributed by atoms with E-state index >= 15 is 0 Å². The number of unbranched alkanes of at least 4 members (excludes halogenated alkanes) is 32. The number of allylic oxidation sites excluding steroid dienone is 4. The van der Waals surface area contributed by atoms with Crippen molar-refractivity contribution in [2.75, 3.05) is 41.0 Å². The molecular formula is C55H104NO7+. The van der Waals surface area contributed by atoms with Crippen LogP contribution in [0.1, 0.15) is 258 Å². The van der Waals surface area contributed by atoms with E-state index in [2.05, 4.69) is 38.2 Å². The molecule has 0 aromatic carbocycles. The summed E-state index contributed by atoms with van der Waals surface area (Å²) in [7, 11) is 5.54. The number of hydrogen-bond acceptors (Lipinski definition) is 6. The summed E-state index contributed by atoms with van der Waals surface area (Å²) in [4.78, 5) is 37.2. The summed E-state index contributed by atoms with van der Waals surface area (Å²) in [6.45, 7) is 4.76. The van der Waals surface area contributed by atoms with Crippen LogP contribution in [0.15, 0.2) is 24.3 Å². The molecule has 0 aliphatic carbocycles. The summed E-state index contributed by atoms with van der Waals surface area (Å²) in [5.41, 5.74) is 0. The zero-order valence-corrected chi connectivity index (χ0v) is 42.3. The first kappa shape index (κ1) is 60.8. The molecule has 0 rings (SSSR count). The van der Waals surface area contributed by atoms with E-state index in [0.29, 0.717) is 19.3 Å². The van der Waals surface area contributed by atoms with Gasteiger partial charge in [0.1, 0.15) is 6.61 Å². The van der Waals surface area contributed by atoms with E-state index in [0.717, 1.165) is 57.8 Å². The Balaban J connectivity index is 4.21. The third kappa shape index (κ3) is 44.8. The van der Waals surface area contributed by atoms with Crippen LogP contribution in [0.5, 0.6) is 0 Å². The van der Waals surface area contributed by atoms with Crippen molar-refractivity contribution in [2.45, 2.75) is 270 Å². The Morgan fingerprint density at radius 3 is 1.19 bits per heavy atom. The van der Waals surface area contributed by atoms with Crippen LogP contribution < -0.4 is 0 Å². The van der Waals surface area contributed by atoms with Crippen LogP contribution in [0.3, 0.4) is 0 Å². The van der Waals surface area contributed by atoms with E-state index < -0.39 is 18.1 Å². The number of rotatable bonds is 49. The van der Waals surface area contributed by atoms with Gasteiger partial charge in [0, 0.05) is 19.3 Å². The van der Waals surface area contributed by atoms with Gasteiger partial charge in [0.05, 0.1) is 34.4 Å². The molecule has 0 aliphatic heterocycles. The molecule has 0 fully saturated rings. The fraction of sp³-hybridized carbons (Fsp3) is 0.873. The highest BCUT2D eigenvalue weighted by Gasteiger charge is 2.31. The highest BCUT2D eigenvalue weighted by molar-refractivity contribution is 5.72. The number of ether oxygens (including phenoxy) is 3. The SMILES string of the molecule is CCCCCCCCC/C=C/C=C/CCCCCCCC(=O)OCC(COCCC(C(=O)O)[N+](C)(C)C)OC(=O)CCCCCCCCCCCCCCCCCCCCCCC. The maximum absolute atomic E-state index is 12.8. The summed E-state index contributed by atoms with van der Waals surface area (Å²) >= 11 is 0. The van der Waals surface area contributed by atoms with Gasteiger partial charge in [-0.05, 0) is 38.5 Å². The fourth-order valence-corrected chi connectivity index (χ4v) is 8.20. The molecule has 370 valence electrons. The van der Waals surface area contributed by atoms with Gasteiger partial charge in [-0.15, -0.1) is 0 Å². The molecule has 0 saturated heterocycles. The second-order valence-electron chi connectivity index (χ2n) is 19.5. The summed E-state index contributed by atoms with van der Waals surface area (Å²) in [6, 6.07) is -0.615. The maximum atomic E-state index is 12.8. The van der Waals surface area contributed by atoms with Gasteiger partial charge in [-0.1, -0.05) is 224 Å². The first-order valence-electron chi connectivity index (χ1n) is 26.9. The van der Waals surface area contributed by atoms with Crippen molar-refractivity contribution in [2.24, 2.45) is 0 Å². The topological polar surface area (TPSA) is 99.1 Å². The van der Waals surface area contributed by atoms with Crippen LogP contribution in [-0.2, 0) is 28.6 Å². The van der Waals surface area contributed by atoms with Crippen LogP contribution in [0.4, 0.5) is 0 Å². The molecule has 1 N–H and O–H groups in total. The summed E-state index contributed by atoms with van der Waals surface area (Å²) in [5, 5.41) is 9.66. The molecule has 8 heteroatoms. The molecule has 0 saturated carbocycles. The van der Waals surface area contributed by atoms with E-state index in [4.69, 9.17) is 14.2 Å². The second kappa shape index (κ2) is 46.3. The summed E-state index contributed by atoms with van der Waals surface area (Å²) in [5.74, 6) is -1.47. The molecule has 0 heterocycles. The van der Waals surface area contributed by atoms with Gasteiger partial charge in [0.25, 0.3) is 0 Å². The number of hydrogen-bond donors (Lipinski definition) is 1. The van der Waals surface area contributed by atoms with Crippen molar-refractivity contribution in [3.05, 3.63) is 24.3 Å². The lowest BCUT2D eigenvalue weighted by atomic mass is 10.0. The minimum Gasteiger partial charge on any atom is -0.477 e. The Kier molecular flexibility index (Phi) is 44.7. The van der Waals surface area contributed by atoms with Gasteiger partial charge in [0.2, 0.25) is 0 Å². The van der Waals surface area contributed by atoms with Gasteiger partial charge in [-0.2, -0.15) is 0 Å². The lowest BCUT2D eigenvalue weighted by molar-refractivity contribution is -0.887. The van der Waals surface area contributed by atoms with E-state index in [-0.39, 0.29) is 36.2 Å². The summed E-state index contributed by atoms with van der Waals surface area (Å²) < 4.78 is 17.4. The Labute approximate surface area is 390 Å². The van der Waals surface area contributed by atoms with Crippen molar-refractivity contribution in [3.63, 3.8) is 0 Å². The third-order valence-electron chi connectivity index (χ3n) is 12.4. The Bertz CT molecular complexity index is 1080. The molecule has 63 heavy (non-hydrogen) atoms. The highest BCUT2D eigenvalue weighted by Crippen LogP contribution is 2.17. The van der Waals surface area contributed by atoms with E-state index in [1.165, 1.54) is 167 Å². The van der Waals surface area contributed by atoms with Crippen LogP contribution in [0.25, 0.3) is 0 Å². The molecule has 0 amide bonds.